The van der Waals surface area contributed by atoms with Crippen LogP contribution in [0.5, 0.6) is 0 Å². The third kappa shape index (κ3) is 972000. The summed E-state index contributed by atoms with van der Waals surface area (Å²) in [6.45, 7) is 0. The van der Waals surface area contributed by atoms with Crippen molar-refractivity contribution < 1.29 is 36.8 Å². The number of hydrogen-bond acceptors (Lipinski definition) is 7. The maximum absolute atomic E-state index is 8.63. The van der Waals surface area contributed by atoms with Crippen LogP contribution < -0.4 is 14.7 Å². The zero-order valence-corrected chi connectivity index (χ0v) is 5.87. The van der Waals surface area contributed by atoms with Crippen LogP contribution in [-0.4, -0.2) is 17.5 Å². The molecule has 8 nitrogen and oxygen atoms in total. The van der Waals surface area contributed by atoms with Crippen LogP contribution >= 0.6 is 7.82 Å². The van der Waals surface area contributed by atoms with Crippen molar-refractivity contribution in [1.82, 2.24) is 0 Å². The fraction of sp³-hybridized carbons (Fsp3) is 0. The van der Waals surface area contributed by atoms with Crippen molar-refractivity contribution in [3.05, 3.63) is 0 Å². The largest absolute Gasteiger partial charge is 0.822 e. The predicted octanol–water partition coefficient (Wildman–Crippen LogP) is -3.82. The molecule has 0 aromatic carbocycles. The second-order valence-corrected chi connectivity index (χ2v) is 2.62. The van der Waals surface area contributed by atoms with E-state index in [0.29, 0.717) is 0 Å². The molecule has 0 aromatic heterocycles. The molecule has 0 fully saturated rings. The van der Waals surface area contributed by atoms with E-state index in [4.69, 9.17) is 36.8 Å². The molecule has 0 aliphatic rings. The Morgan fingerprint density at radius 2 is 1.20 bits per heavy atom. The van der Waals surface area contributed by atoms with E-state index in [2.05, 4.69) is 0 Å². The van der Waals surface area contributed by atoms with Crippen LogP contribution in [0, 0.1) is 0 Å². The van der Waals surface area contributed by atoms with Gasteiger partial charge in [0.25, 0.3) is 0 Å². The maximum atomic E-state index is 8.63. The molecule has 0 amide bonds. The molecule has 1 N–H and O–H groups in total. The molecule has 0 aliphatic heterocycles. The van der Waals surface area contributed by atoms with E-state index < -0.39 is 18.2 Å². The van der Waals surface area contributed by atoms with Crippen LogP contribution in [0.3, 0.4) is 0 Å². The van der Waals surface area contributed by atoms with Crippen molar-refractivity contribution in [2.24, 2.45) is 0 Å². The molecule has 0 unspecified atom stereocenters. The average Bonchev–Trinajstić information content (AvgIpc) is 1.12. The van der Waals surface area contributed by atoms with Gasteiger partial charge in [0, 0.05) is 0 Å². The van der Waals surface area contributed by atoms with Gasteiger partial charge in [0.1, 0.15) is 0 Å². The monoisotopic (exact) mass is 192 g/mol. The molecule has 0 aliphatic carbocycles. The van der Waals surface area contributed by atoms with Crippen molar-refractivity contribution in [3.63, 3.8) is 0 Å². The van der Waals surface area contributed by atoms with E-state index in [-0.39, 0.29) is 0 Å². The SMILES string of the molecule is O=P([O-])([O-])[O-].O=S(=O)([O-])O. The number of rotatable bonds is 0. The highest BCUT2D eigenvalue weighted by atomic mass is 32.3. The summed E-state index contributed by atoms with van der Waals surface area (Å²) in [7, 11) is -10.3. The van der Waals surface area contributed by atoms with Gasteiger partial charge in [0.2, 0.25) is 10.4 Å². The first kappa shape index (κ1) is 12.6. The van der Waals surface area contributed by atoms with Gasteiger partial charge in [0.15, 0.2) is 0 Å². The van der Waals surface area contributed by atoms with E-state index in [1.165, 1.54) is 0 Å². The van der Waals surface area contributed by atoms with Crippen molar-refractivity contribution in [1.29, 1.82) is 0 Å². The summed E-state index contributed by atoms with van der Waals surface area (Å²) in [5.41, 5.74) is 0. The lowest BCUT2D eigenvalue weighted by molar-refractivity contribution is -0.432. The third-order valence-corrected chi connectivity index (χ3v) is 0. The molecule has 0 radical (unpaired) electrons. The van der Waals surface area contributed by atoms with Gasteiger partial charge in [-0.1, -0.05) is 0 Å². The smallest absolute Gasteiger partial charge is 0.215 e. The van der Waals surface area contributed by atoms with Gasteiger partial charge < -0.3 is 23.8 Å². The molecule has 64 valence electrons. The first-order chi connectivity index (χ1) is 4.00. The number of hydrogen-bond donors (Lipinski definition) is 1. The van der Waals surface area contributed by atoms with Crippen molar-refractivity contribution in [2.75, 3.05) is 0 Å². The topological polar surface area (TPSA) is 164 Å². The molecule has 0 rings (SSSR count). The zero-order chi connectivity index (χ0) is 9.00. The summed E-state index contributed by atoms with van der Waals surface area (Å²) < 4.78 is 41.4. The second-order valence-electron chi connectivity index (χ2n) is 0.875. The Bertz CT molecular complexity index is 187. The Kier molecular flexibility index (Phi) is 5.04. The fourth-order valence-electron chi connectivity index (χ4n) is 0. The van der Waals surface area contributed by atoms with E-state index in [1.807, 2.05) is 0 Å². The van der Waals surface area contributed by atoms with Crippen molar-refractivity contribution in [2.45, 2.75) is 0 Å². The number of phosphoric acid groups is 1. The van der Waals surface area contributed by atoms with Gasteiger partial charge in [0.05, 0.1) is 0 Å². The highest BCUT2D eigenvalue weighted by Crippen LogP contribution is 2.03. The summed E-state index contributed by atoms with van der Waals surface area (Å²) >= 11 is 0. The van der Waals surface area contributed by atoms with Crippen LogP contribution in [0.2, 0.25) is 0 Å². The first-order valence-corrected chi connectivity index (χ1v) is 4.24. The predicted molar refractivity (Wildman–Crippen MR) is 19.9 cm³/mol. The third-order valence-electron chi connectivity index (χ3n) is 0. The Labute approximate surface area is 55.9 Å². The van der Waals surface area contributed by atoms with Crippen LogP contribution in [-0.2, 0) is 15.0 Å². The van der Waals surface area contributed by atoms with E-state index in [9.17, 15) is 0 Å². The van der Waals surface area contributed by atoms with Crippen molar-refractivity contribution in [3.8, 4) is 0 Å². The summed E-state index contributed by atoms with van der Waals surface area (Å²) in [6, 6.07) is 0. The summed E-state index contributed by atoms with van der Waals surface area (Å²) in [4.78, 5) is 25.6. The van der Waals surface area contributed by atoms with Crippen LogP contribution in [0.4, 0.5) is 0 Å². The Hall–Kier alpha value is -0.0200. The minimum atomic E-state index is -5.39. The summed E-state index contributed by atoms with van der Waals surface area (Å²) in [5.74, 6) is 0. The van der Waals surface area contributed by atoms with Gasteiger partial charge in [-0.3, -0.25) is 4.55 Å². The molecule has 0 heterocycles. The highest BCUT2D eigenvalue weighted by Gasteiger charge is 1.67. The van der Waals surface area contributed by atoms with Gasteiger partial charge in [-0.15, -0.1) is 0 Å². The van der Waals surface area contributed by atoms with Gasteiger partial charge in [-0.25, -0.2) is 8.42 Å². The first-order valence-electron chi connectivity index (χ1n) is 1.41. The standard InChI is InChI=1S/H3O4P.H2O4S/c2*1-5(2,3)4/h(H3,1,2,3,4);(H2,1,2,3,4)/p-4. The Morgan fingerprint density at radius 3 is 1.20 bits per heavy atom. The molecule has 10 heavy (non-hydrogen) atoms. The van der Waals surface area contributed by atoms with E-state index >= 15 is 0 Å². The molecule has 0 atom stereocenters. The molecule has 0 aromatic rings. The van der Waals surface area contributed by atoms with E-state index in [0.717, 1.165) is 0 Å². The molecule has 0 saturated carbocycles. The normalized spacial score (nSPS) is 11.7. The molecule has 0 saturated heterocycles. The average molecular weight is 192 g/mol. The highest BCUT2D eigenvalue weighted by molar-refractivity contribution is 7.79. The lowest BCUT2D eigenvalue weighted by Crippen LogP contribution is -2.24. The lowest BCUT2D eigenvalue weighted by atomic mass is 15.8. The molecule has 10 heteroatoms. The summed E-state index contributed by atoms with van der Waals surface area (Å²) in [5, 5.41) is 0. The molecular formula is HO8PS-4. The molecule has 0 bridgehead atoms. The van der Waals surface area contributed by atoms with Crippen LogP contribution in [0.25, 0.3) is 0 Å². The fourth-order valence-corrected chi connectivity index (χ4v) is 0. The zero-order valence-electron chi connectivity index (χ0n) is 4.16. The minimum absolute atomic E-state index is 4.92. The van der Waals surface area contributed by atoms with Gasteiger partial charge in [-0.05, 0) is 0 Å². The van der Waals surface area contributed by atoms with Crippen LogP contribution in [0.15, 0.2) is 0 Å². The minimum Gasteiger partial charge on any atom is -0.822 e. The van der Waals surface area contributed by atoms with Crippen LogP contribution in [0.1, 0.15) is 0 Å². The van der Waals surface area contributed by atoms with Gasteiger partial charge in [-0.2, -0.15) is 7.82 Å². The summed E-state index contributed by atoms with van der Waals surface area (Å²) in [6.07, 6.45) is 0. The van der Waals surface area contributed by atoms with Gasteiger partial charge >= 0.3 is 0 Å². The Morgan fingerprint density at radius 1 is 1.20 bits per heavy atom. The quantitative estimate of drug-likeness (QED) is 0.231. The second kappa shape index (κ2) is 3.98. The molecule has 0 spiro atoms. The van der Waals surface area contributed by atoms with E-state index in [1.54, 1.807) is 0 Å². The van der Waals surface area contributed by atoms with Crippen molar-refractivity contribution >= 4 is 18.2 Å². The molecular weight excluding hydrogens is 191 g/mol. The lowest BCUT2D eigenvalue weighted by Gasteiger charge is -2.36. The maximum Gasteiger partial charge on any atom is 0.215 e. The Balaban J connectivity index is 0.